The molecule has 0 heterocycles. The van der Waals surface area contributed by atoms with E-state index >= 15 is 0 Å². The number of nitrogens with one attached hydrogen (secondary N) is 2. The Labute approximate surface area is 265 Å². The number of nitrogens with two attached hydrogens (primary N) is 1. The smallest absolute Gasteiger partial charge is 0.408 e. The van der Waals surface area contributed by atoms with Crippen molar-refractivity contribution >= 4 is 40.3 Å². The zero-order valence-corrected chi connectivity index (χ0v) is 26.9. The van der Waals surface area contributed by atoms with Gasteiger partial charge in [-0.1, -0.05) is 81.1 Å². The van der Waals surface area contributed by atoms with E-state index in [9.17, 15) is 24.3 Å². The van der Waals surface area contributed by atoms with Crippen molar-refractivity contribution in [1.29, 1.82) is 0 Å². The van der Waals surface area contributed by atoms with Crippen LogP contribution in [0.25, 0.3) is 10.8 Å². The molecule has 3 aromatic rings. The summed E-state index contributed by atoms with van der Waals surface area (Å²) < 4.78 is 5.35. The number of ether oxygens (including phenoxy) is 1. The summed E-state index contributed by atoms with van der Waals surface area (Å²) in [4.78, 5) is 54.7. The molecule has 242 valence electrons. The van der Waals surface area contributed by atoms with Gasteiger partial charge in [-0.2, -0.15) is 0 Å². The first-order chi connectivity index (χ1) is 21.3. The molecule has 0 saturated carbocycles. The lowest BCUT2D eigenvalue weighted by Crippen LogP contribution is -2.53. The molecule has 0 fully saturated rings. The molecule has 3 aromatic carbocycles. The Hall–Kier alpha value is -4.60. The SMILES string of the molecule is CCCCCCCN(C(=O)C(CC(N)=O)NC(=O)OC(C)(C)C)C(C(=O)Nc1ccc2ccccc2c1)c1cccc(C)c1O. The number of carbonyl (C=O) groups is 4. The molecule has 5 N–H and O–H groups in total. The number of amides is 4. The number of anilines is 1. The molecular formula is C35H46N4O6. The molecule has 0 aliphatic heterocycles. The minimum absolute atomic E-state index is 0.122. The van der Waals surface area contributed by atoms with Crippen molar-refractivity contribution in [3.8, 4) is 5.75 Å². The first kappa shape index (κ1) is 34.9. The van der Waals surface area contributed by atoms with Gasteiger partial charge >= 0.3 is 6.09 Å². The summed E-state index contributed by atoms with van der Waals surface area (Å²) in [6.07, 6.45) is 2.90. The lowest BCUT2D eigenvalue weighted by atomic mass is 9.98. The summed E-state index contributed by atoms with van der Waals surface area (Å²) in [5.74, 6) is -2.22. The molecule has 0 aliphatic carbocycles. The van der Waals surface area contributed by atoms with Crippen molar-refractivity contribution in [3.63, 3.8) is 0 Å². The summed E-state index contributed by atoms with van der Waals surface area (Å²) in [6.45, 7) is 8.95. The van der Waals surface area contributed by atoms with Crippen LogP contribution in [0.1, 0.15) is 83.4 Å². The molecule has 10 nitrogen and oxygen atoms in total. The molecule has 4 amide bonds. The van der Waals surface area contributed by atoms with Crippen molar-refractivity contribution in [1.82, 2.24) is 10.2 Å². The fraction of sp³-hybridized carbons (Fsp3) is 0.429. The third kappa shape index (κ3) is 10.2. The highest BCUT2D eigenvalue weighted by molar-refractivity contribution is 6.01. The summed E-state index contributed by atoms with van der Waals surface area (Å²) in [6, 6.07) is 15.5. The number of rotatable bonds is 14. The fourth-order valence-corrected chi connectivity index (χ4v) is 5.13. The highest BCUT2D eigenvalue weighted by Gasteiger charge is 2.38. The minimum Gasteiger partial charge on any atom is -0.507 e. The first-order valence-electron chi connectivity index (χ1n) is 15.5. The van der Waals surface area contributed by atoms with Gasteiger partial charge in [-0.3, -0.25) is 14.4 Å². The number of aromatic hydroxyl groups is 1. The predicted molar refractivity (Wildman–Crippen MR) is 176 cm³/mol. The zero-order valence-electron chi connectivity index (χ0n) is 26.9. The normalized spacial score (nSPS) is 12.6. The number of hydrogen-bond donors (Lipinski definition) is 4. The Morgan fingerprint density at radius 3 is 2.29 bits per heavy atom. The number of phenolic OH excluding ortho intramolecular Hbond substituents is 1. The van der Waals surface area contributed by atoms with Crippen LogP contribution in [0.4, 0.5) is 10.5 Å². The lowest BCUT2D eigenvalue weighted by molar-refractivity contribution is -0.142. The van der Waals surface area contributed by atoms with E-state index in [4.69, 9.17) is 10.5 Å². The summed E-state index contributed by atoms with van der Waals surface area (Å²) in [5.41, 5.74) is 5.88. The van der Waals surface area contributed by atoms with Gasteiger partial charge in [0.15, 0.2) is 0 Å². The Kier molecular flexibility index (Phi) is 12.3. The molecule has 0 saturated heterocycles. The molecule has 0 radical (unpaired) electrons. The van der Waals surface area contributed by atoms with Gasteiger partial charge in [0.1, 0.15) is 23.4 Å². The number of hydrogen-bond acceptors (Lipinski definition) is 6. The molecule has 0 aromatic heterocycles. The predicted octanol–water partition coefficient (Wildman–Crippen LogP) is 6.10. The molecule has 10 heteroatoms. The number of fused-ring (bicyclic) bond motifs is 1. The average Bonchev–Trinajstić information content (AvgIpc) is 2.96. The lowest BCUT2D eigenvalue weighted by Gasteiger charge is -2.34. The first-order valence-corrected chi connectivity index (χ1v) is 15.5. The average molecular weight is 619 g/mol. The van der Waals surface area contributed by atoms with Crippen LogP contribution < -0.4 is 16.4 Å². The summed E-state index contributed by atoms with van der Waals surface area (Å²) in [5, 5.41) is 18.5. The van der Waals surface area contributed by atoms with E-state index in [-0.39, 0.29) is 17.9 Å². The van der Waals surface area contributed by atoms with Crippen LogP contribution in [0.15, 0.2) is 60.7 Å². The molecule has 3 rings (SSSR count). The van der Waals surface area contributed by atoms with Crippen molar-refractivity contribution in [2.75, 3.05) is 11.9 Å². The maximum Gasteiger partial charge on any atom is 0.408 e. The third-order valence-electron chi connectivity index (χ3n) is 7.32. The topological polar surface area (TPSA) is 151 Å². The Bertz CT molecular complexity index is 1500. The monoisotopic (exact) mass is 618 g/mol. The quantitative estimate of drug-likeness (QED) is 0.160. The Morgan fingerprint density at radius 2 is 1.62 bits per heavy atom. The Balaban J connectivity index is 2.08. The van der Waals surface area contributed by atoms with E-state index in [1.165, 1.54) is 4.90 Å². The number of carbonyl (C=O) groups excluding carboxylic acids is 4. The van der Waals surface area contributed by atoms with E-state index in [1.807, 2.05) is 36.4 Å². The number of phenols is 1. The van der Waals surface area contributed by atoms with Gasteiger partial charge < -0.3 is 31.1 Å². The van der Waals surface area contributed by atoms with E-state index in [1.54, 1.807) is 52.0 Å². The van der Waals surface area contributed by atoms with Crippen LogP contribution in [0, 0.1) is 6.92 Å². The largest absolute Gasteiger partial charge is 0.507 e. The van der Waals surface area contributed by atoms with Gasteiger partial charge in [0, 0.05) is 17.8 Å². The van der Waals surface area contributed by atoms with Gasteiger partial charge in [-0.15, -0.1) is 0 Å². The van der Waals surface area contributed by atoms with Crippen LogP contribution in [-0.2, 0) is 19.1 Å². The van der Waals surface area contributed by atoms with Gasteiger partial charge in [-0.05, 0) is 62.6 Å². The highest BCUT2D eigenvalue weighted by Crippen LogP contribution is 2.34. The number of para-hydroxylation sites is 1. The van der Waals surface area contributed by atoms with Crippen molar-refractivity contribution in [3.05, 3.63) is 71.8 Å². The van der Waals surface area contributed by atoms with E-state index in [0.717, 1.165) is 36.5 Å². The zero-order chi connectivity index (χ0) is 33.1. The second-order valence-corrected chi connectivity index (χ2v) is 12.3. The molecular weight excluding hydrogens is 572 g/mol. The van der Waals surface area contributed by atoms with Crippen LogP contribution >= 0.6 is 0 Å². The van der Waals surface area contributed by atoms with Crippen molar-refractivity contribution in [2.24, 2.45) is 5.73 Å². The molecule has 2 atom stereocenters. The van der Waals surface area contributed by atoms with Crippen LogP contribution in [0.2, 0.25) is 0 Å². The van der Waals surface area contributed by atoms with Crippen LogP contribution in [-0.4, -0.2) is 52.0 Å². The second-order valence-electron chi connectivity index (χ2n) is 12.3. The number of alkyl carbamates (subject to hydrolysis) is 1. The van der Waals surface area contributed by atoms with E-state index in [2.05, 4.69) is 17.6 Å². The van der Waals surface area contributed by atoms with Gasteiger partial charge in [0.25, 0.3) is 5.91 Å². The third-order valence-corrected chi connectivity index (χ3v) is 7.32. The maximum absolute atomic E-state index is 14.3. The molecule has 0 aliphatic rings. The highest BCUT2D eigenvalue weighted by atomic mass is 16.6. The number of benzene rings is 3. The van der Waals surface area contributed by atoms with Gasteiger partial charge in [-0.25, -0.2) is 4.79 Å². The van der Waals surface area contributed by atoms with Gasteiger partial charge in [0.05, 0.1) is 6.42 Å². The van der Waals surface area contributed by atoms with Crippen LogP contribution in [0.5, 0.6) is 5.75 Å². The number of primary amides is 1. The van der Waals surface area contributed by atoms with Crippen molar-refractivity contribution < 1.29 is 29.0 Å². The van der Waals surface area contributed by atoms with E-state index in [0.29, 0.717) is 17.7 Å². The fourth-order valence-electron chi connectivity index (χ4n) is 5.13. The van der Waals surface area contributed by atoms with Gasteiger partial charge in [0.2, 0.25) is 11.8 Å². The second kappa shape index (κ2) is 15.9. The number of nitrogens with zero attached hydrogens (tertiary/aromatic N) is 1. The van der Waals surface area contributed by atoms with Crippen LogP contribution in [0.3, 0.4) is 0 Å². The molecule has 0 spiro atoms. The number of aryl methyl sites for hydroxylation is 1. The maximum atomic E-state index is 14.3. The molecule has 2 unspecified atom stereocenters. The summed E-state index contributed by atoms with van der Waals surface area (Å²) >= 11 is 0. The molecule has 0 bridgehead atoms. The standard InChI is InChI=1S/C35H46N4O6/c1-6-7-8-9-12-20-39(33(43)28(22-29(36)40)38-34(44)45-35(3,4)5)30(27-17-13-14-23(2)31(27)41)32(42)37-26-19-18-24-15-10-11-16-25(24)21-26/h10-11,13-19,21,28,30,41H,6-9,12,20,22H2,1-5H3,(H2,36,40)(H,37,42)(H,38,44). The Morgan fingerprint density at radius 1 is 0.933 bits per heavy atom. The molecule has 45 heavy (non-hydrogen) atoms. The summed E-state index contributed by atoms with van der Waals surface area (Å²) in [7, 11) is 0. The number of unbranched alkanes of at least 4 members (excludes halogenated alkanes) is 4. The van der Waals surface area contributed by atoms with E-state index < -0.39 is 47.9 Å². The minimum atomic E-state index is -1.41. The van der Waals surface area contributed by atoms with Crippen molar-refractivity contribution in [2.45, 2.75) is 90.8 Å².